The summed E-state index contributed by atoms with van der Waals surface area (Å²) in [5.41, 5.74) is 2.27. The van der Waals surface area contributed by atoms with Gasteiger partial charge in [0.1, 0.15) is 0 Å². The molecule has 1 aliphatic rings. The fraction of sp³-hybridized carbons (Fsp3) is 0.381. The standard InChI is InChI=1S/C21H26N2O3/c1-16(2)23(14-17-6-4-3-5-7-17)21(24)10-11-22-13-18-8-9-19-20(12-18)26-15-25-19/h3-9,12,16,22H,10-11,13-15H2,1-2H3. The Hall–Kier alpha value is -2.53. The van der Waals surface area contributed by atoms with Gasteiger partial charge in [0.25, 0.3) is 0 Å². The Bertz CT molecular complexity index is 731. The first kappa shape index (κ1) is 18.3. The maximum atomic E-state index is 12.6. The lowest BCUT2D eigenvalue weighted by Gasteiger charge is -2.27. The minimum absolute atomic E-state index is 0.169. The third-order valence-corrected chi connectivity index (χ3v) is 4.42. The summed E-state index contributed by atoms with van der Waals surface area (Å²) in [4.78, 5) is 14.5. The van der Waals surface area contributed by atoms with Crippen LogP contribution in [0.4, 0.5) is 0 Å². The predicted molar refractivity (Wildman–Crippen MR) is 101 cm³/mol. The molecule has 0 atom stereocenters. The smallest absolute Gasteiger partial charge is 0.231 e. The van der Waals surface area contributed by atoms with Crippen molar-refractivity contribution in [3.8, 4) is 11.5 Å². The number of nitrogens with one attached hydrogen (secondary N) is 1. The van der Waals surface area contributed by atoms with Gasteiger partial charge in [0.2, 0.25) is 12.7 Å². The van der Waals surface area contributed by atoms with Gasteiger partial charge in [-0.05, 0) is 37.1 Å². The summed E-state index contributed by atoms with van der Waals surface area (Å²) in [6.07, 6.45) is 0.482. The Morgan fingerprint density at radius 1 is 1.08 bits per heavy atom. The number of carbonyl (C=O) groups excluding carboxylic acids is 1. The van der Waals surface area contributed by atoms with E-state index in [1.807, 2.05) is 41.3 Å². The first-order valence-corrected chi connectivity index (χ1v) is 9.06. The summed E-state index contributed by atoms with van der Waals surface area (Å²) in [7, 11) is 0. The van der Waals surface area contributed by atoms with E-state index in [-0.39, 0.29) is 18.7 Å². The number of amides is 1. The average molecular weight is 354 g/mol. The van der Waals surface area contributed by atoms with Crippen LogP contribution in [-0.4, -0.2) is 30.2 Å². The van der Waals surface area contributed by atoms with Crippen LogP contribution in [0.5, 0.6) is 11.5 Å². The van der Waals surface area contributed by atoms with Crippen LogP contribution in [0, 0.1) is 0 Å². The van der Waals surface area contributed by atoms with E-state index in [4.69, 9.17) is 9.47 Å². The molecule has 5 nitrogen and oxygen atoms in total. The molecule has 1 aliphatic heterocycles. The van der Waals surface area contributed by atoms with E-state index in [2.05, 4.69) is 31.3 Å². The molecule has 26 heavy (non-hydrogen) atoms. The normalized spacial score (nSPS) is 12.4. The molecule has 0 saturated heterocycles. The van der Waals surface area contributed by atoms with Crippen molar-refractivity contribution in [1.82, 2.24) is 10.2 Å². The van der Waals surface area contributed by atoms with Crippen LogP contribution >= 0.6 is 0 Å². The van der Waals surface area contributed by atoms with E-state index in [1.54, 1.807) is 0 Å². The second-order valence-corrected chi connectivity index (χ2v) is 6.72. The molecule has 0 aromatic heterocycles. The lowest BCUT2D eigenvalue weighted by Crippen LogP contribution is -2.37. The quantitative estimate of drug-likeness (QED) is 0.739. The van der Waals surface area contributed by atoms with Gasteiger partial charge in [0, 0.05) is 32.1 Å². The van der Waals surface area contributed by atoms with Gasteiger partial charge in [0.15, 0.2) is 11.5 Å². The summed E-state index contributed by atoms with van der Waals surface area (Å²) in [6, 6.07) is 16.2. The van der Waals surface area contributed by atoms with Crippen molar-refractivity contribution >= 4 is 5.91 Å². The van der Waals surface area contributed by atoms with E-state index in [0.29, 0.717) is 26.1 Å². The van der Waals surface area contributed by atoms with Crippen molar-refractivity contribution in [3.63, 3.8) is 0 Å². The molecule has 2 aromatic carbocycles. The first-order valence-electron chi connectivity index (χ1n) is 9.06. The van der Waals surface area contributed by atoms with E-state index in [0.717, 1.165) is 22.6 Å². The van der Waals surface area contributed by atoms with Gasteiger partial charge in [-0.15, -0.1) is 0 Å². The maximum Gasteiger partial charge on any atom is 0.231 e. The highest BCUT2D eigenvalue weighted by atomic mass is 16.7. The number of hydrogen-bond acceptors (Lipinski definition) is 4. The molecule has 2 aromatic rings. The molecule has 0 spiro atoms. The highest BCUT2D eigenvalue weighted by Gasteiger charge is 2.17. The SMILES string of the molecule is CC(C)N(Cc1ccccc1)C(=O)CCNCc1ccc2c(c1)OCO2. The Balaban J connectivity index is 1.46. The topological polar surface area (TPSA) is 50.8 Å². The van der Waals surface area contributed by atoms with Gasteiger partial charge in [-0.2, -0.15) is 0 Å². The van der Waals surface area contributed by atoms with Crippen molar-refractivity contribution in [3.05, 3.63) is 59.7 Å². The third kappa shape index (κ3) is 4.76. The van der Waals surface area contributed by atoms with Crippen LogP contribution in [0.25, 0.3) is 0 Å². The highest BCUT2D eigenvalue weighted by molar-refractivity contribution is 5.76. The van der Waals surface area contributed by atoms with Gasteiger partial charge in [-0.1, -0.05) is 36.4 Å². The van der Waals surface area contributed by atoms with Crippen LogP contribution in [0.1, 0.15) is 31.4 Å². The molecule has 0 radical (unpaired) electrons. The number of nitrogens with zero attached hydrogens (tertiary/aromatic N) is 1. The summed E-state index contributed by atoms with van der Waals surface area (Å²) in [5.74, 6) is 1.74. The van der Waals surface area contributed by atoms with Gasteiger partial charge in [-0.25, -0.2) is 0 Å². The molecule has 0 unspecified atom stereocenters. The Morgan fingerprint density at radius 3 is 2.62 bits per heavy atom. The number of carbonyl (C=O) groups is 1. The Labute approximate surface area is 154 Å². The molecule has 138 valence electrons. The largest absolute Gasteiger partial charge is 0.454 e. The molecule has 3 rings (SSSR count). The fourth-order valence-electron chi connectivity index (χ4n) is 2.96. The Morgan fingerprint density at radius 2 is 1.85 bits per heavy atom. The molecule has 0 fully saturated rings. The second-order valence-electron chi connectivity index (χ2n) is 6.72. The Kier molecular flexibility index (Phi) is 6.12. The van der Waals surface area contributed by atoms with Crippen molar-refractivity contribution in [1.29, 1.82) is 0 Å². The van der Waals surface area contributed by atoms with Crippen molar-refractivity contribution in [2.45, 2.75) is 39.4 Å². The highest BCUT2D eigenvalue weighted by Crippen LogP contribution is 2.32. The zero-order chi connectivity index (χ0) is 18.4. The first-order chi connectivity index (χ1) is 12.6. The lowest BCUT2D eigenvalue weighted by molar-refractivity contribution is -0.133. The third-order valence-electron chi connectivity index (χ3n) is 4.42. The van der Waals surface area contributed by atoms with Crippen LogP contribution < -0.4 is 14.8 Å². The summed E-state index contributed by atoms with van der Waals surface area (Å²) in [5, 5.41) is 3.34. The van der Waals surface area contributed by atoms with E-state index in [9.17, 15) is 4.79 Å². The molecule has 5 heteroatoms. The molecule has 0 aliphatic carbocycles. The van der Waals surface area contributed by atoms with Crippen molar-refractivity contribution < 1.29 is 14.3 Å². The van der Waals surface area contributed by atoms with E-state index >= 15 is 0 Å². The molecule has 1 heterocycles. The number of rotatable bonds is 8. The van der Waals surface area contributed by atoms with Gasteiger partial charge in [-0.3, -0.25) is 4.79 Å². The number of ether oxygens (including phenoxy) is 2. The fourth-order valence-corrected chi connectivity index (χ4v) is 2.96. The van der Waals surface area contributed by atoms with E-state index in [1.165, 1.54) is 0 Å². The zero-order valence-corrected chi connectivity index (χ0v) is 15.4. The number of fused-ring (bicyclic) bond motifs is 1. The molecule has 0 bridgehead atoms. The molecule has 1 amide bonds. The van der Waals surface area contributed by atoms with Crippen molar-refractivity contribution in [2.24, 2.45) is 0 Å². The predicted octanol–water partition coefficient (Wildman–Crippen LogP) is 3.33. The zero-order valence-electron chi connectivity index (χ0n) is 15.4. The van der Waals surface area contributed by atoms with Crippen molar-refractivity contribution in [2.75, 3.05) is 13.3 Å². The molecule has 0 saturated carbocycles. The van der Waals surface area contributed by atoms with Gasteiger partial charge < -0.3 is 19.7 Å². The van der Waals surface area contributed by atoms with Gasteiger partial charge in [0.05, 0.1) is 0 Å². The summed E-state index contributed by atoms with van der Waals surface area (Å²) < 4.78 is 10.7. The van der Waals surface area contributed by atoms with Crippen LogP contribution in [-0.2, 0) is 17.9 Å². The molecular formula is C21H26N2O3. The van der Waals surface area contributed by atoms with E-state index < -0.39 is 0 Å². The van der Waals surface area contributed by atoms with Crippen LogP contribution in [0.2, 0.25) is 0 Å². The minimum atomic E-state index is 0.169. The lowest BCUT2D eigenvalue weighted by atomic mass is 10.1. The second kappa shape index (κ2) is 8.72. The summed E-state index contributed by atoms with van der Waals surface area (Å²) in [6.45, 7) is 6.39. The molecule has 1 N–H and O–H groups in total. The molecular weight excluding hydrogens is 328 g/mol. The number of benzene rings is 2. The van der Waals surface area contributed by atoms with Gasteiger partial charge >= 0.3 is 0 Å². The number of hydrogen-bond donors (Lipinski definition) is 1. The maximum absolute atomic E-state index is 12.6. The minimum Gasteiger partial charge on any atom is -0.454 e. The summed E-state index contributed by atoms with van der Waals surface area (Å²) >= 11 is 0. The van der Waals surface area contributed by atoms with Crippen LogP contribution in [0.3, 0.4) is 0 Å². The monoisotopic (exact) mass is 354 g/mol. The van der Waals surface area contributed by atoms with Crippen LogP contribution in [0.15, 0.2) is 48.5 Å². The average Bonchev–Trinajstić information content (AvgIpc) is 3.11.